The average molecular weight is 587 g/mol. The summed E-state index contributed by atoms with van der Waals surface area (Å²) in [6.07, 6.45) is -2.18. The van der Waals surface area contributed by atoms with Gasteiger partial charge in [-0.15, -0.1) is 0 Å². The van der Waals surface area contributed by atoms with E-state index in [0.717, 1.165) is 0 Å². The number of hydrogen-bond acceptors (Lipinski definition) is 9. The smallest absolute Gasteiger partial charge is 0.338 e. The Morgan fingerprint density at radius 3 is 1.90 bits per heavy atom. The van der Waals surface area contributed by atoms with Gasteiger partial charge in [0.25, 0.3) is 5.56 Å². The van der Waals surface area contributed by atoms with E-state index in [2.05, 4.69) is 4.98 Å². The summed E-state index contributed by atoms with van der Waals surface area (Å²) in [5.74, 6) is -2.05. The lowest BCUT2D eigenvalue weighted by Gasteiger charge is -2.35. The highest BCUT2D eigenvalue weighted by molar-refractivity contribution is 7.71. The fourth-order valence-corrected chi connectivity index (χ4v) is 4.93. The molecule has 1 N–H and O–H groups in total. The van der Waals surface area contributed by atoms with Crippen LogP contribution in [0, 0.1) is 4.77 Å². The summed E-state index contributed by atoms with van der Waals surface area (Å²) in [6, 6.07) is 26.1. The Morgan fingerprint density at radius 1 is 0.833 bits per heavy atom. The topological polar surface area (TPSA) is 126 Å². The number of H-pyrrole nitrogens is 1. The highest BCUT2D eigenvalue weighted by Crippen LogP contribution is 2.44. The van der Waals surface area contributed by atoms with E-state index in [0.29, 0.717) is 5.56 Å². The van der Waals surface area contributed by atoms with Gasteiger partial charge < -0.3 is 18.9 Å². The first-order valence-corrected chi connectivity index (χ1v) is 13.4. The molecule has 42 heavy (non-hydrogen) atoms. The number of nitrogens with zero attached hydrogens (tertiary/aromatic N) is 1. The Morgan fingerprint density at radius 2 is 1.36 bits per heavy atom. The van der Waals surface area contributed by atoms with Gasteiger partial charge in [0.05, 0.1) is 16.7 Å². The lowest BCUT2D eigenvalue weighted by molar-refractivity contribution is -0.111. The first kappa shape index (κ1) is 28.7. The number of carbonyl (C=O) groups is 3. The van der Waals surface area contributed by atoms with Gasteiger partial charge in [-0.2, -0.15) is 0 Å². The second-order valence-corrected chi connectivity index (χ2v) is 10.0. The van der Waals surface area contributed by atoms with Crippen molar-refractivity contribution in [3.63, 3.8) is 0 Å². The molecule has 1 aliphatic heterocycles. The summed E-state index contributed by atoms with van der Waals surface area (Å²) in [6.45, 7) is 1.18. The van der Waals surface area contributed by atoms with Gasteiger partial charge in [-0.3, -0.25) is 14.3 Å². The minimum atomic E-state index is -1.71. The first-order valence-electron chi connectivity index (χ1n) is 13.0. The van der Waals surface area contributed by atoms with Crippen molar-refractivity contribution in [2.45, 2.75) is 31.0 Å². The molecule has 0 aliphatic carbocycles. The molecule has 0 spiro atoms. The Hall–Kier alpha value is -4.87. The zero-order valence-corrected chi connectivity index (χ0v) is 23.2. The molecule has 0 amide bonds. The van der Waals surface area contributed by atoms with Crippen molar-refractivity contribution in [1.29, 1.82) is 0 Å². The van der Waals surface area contributed by atoms with E-state index in [4.69, 9.17) is 31.2 Å². The normalized spacial score (nSPS) is 21.3. The molecule has 0 bridgehead atoms. The number of benzene rings is 3. The van der Waals surface area contributed by atoms with E-state index in [-0.39, 0.29) is 22.5 Å². The number of aromatic nitrogens is 2. The van der Waals surface area contributed by atoms with Crippen LogP contribution in [0.25, 0.3) is 0 Å². The van der Waals surface area contributed by atoms with E-state index in [1.807, 2.05) is 0 Å². The first-order chi connectivity index (χ1) is 20.3. The maximum absolute atomic E-state index is 13.4. The minimum absolute atomic E-state index is 0.0236. The fourth-order valence-electron chi connectivity index (χ4n) is 4.67. The van der Waals surface area contributed by atoms with Crippen LogP contribution in [0.4, 0.5) is 0 Å². The molecule has 2 heterocycles. The third kappa shape index (κ3) is 6.07. The monoisotopic (exact) mass is 586 g/mol. The average Bonchev–Trinajstić information content (AvgIpc) is 3.27. The van der Waals surface area contributed by atoms with Crippen LogP contribution in [-0.2, 0) is 18.9 Å². The van der Waals surface area contributed by atoms with Crippen LogP contribution in [0.1, 0.15) is 44.2 Å². The molecule has 1 fully saturated rings. The summed E-state index contributed by atoms with van der Waals surface area (Å²) in [7, 11) is 0. The van der Waals surface area contributed by atoms with Crippen LogP contribution in [0.2, 0.25) is 0 Å². The van der Waals surface area contributed by atoms with E-state index in [9.17, 15) is 19.2 Å². The molecular weight excluding hydrogens is 560 g/mol. The van der Waals surface area contributed by atoms with E-state index >= 15 is 0 Å². The summed E-state index contributed by atoms with van der Waals surface area (Å²) >= 11 is 5.39. The summed E-state index contributed by atoms with van der Waals surface area (Å²) in [5, 5.41) is 0. The van der Waals surface area contributed by atoms with Gasteiger partial charge in [-0.25, -0.2) is 14.4 Å². The van der Waals surface area contributed by atoms with Crippen LogP contribution in [-0.4, -0.2) is 51.9 Å². The fraction of sp³-hybridized carbons (Fsp3) is 0.194. The lowest BCUT2D eigenvalue weighted by atomic mass is 9.95. The molecule has 5 rings (SSSR count). The molecule has 1 aliphatic rings. The number of carbonyl (C=O) groups excluding carboxylic acids is 3. The maximum Gasteiger partial charge on any atom is 0.338 e. The van der Waals surface area contributed by atoms with Gasteiger partial charge in [0.1, 0.15) is 12.7 Å². The zero-order valence-electron chi connectivity index (χ0n) is 22.4. The standard InChI is InChI=1S/C31H26N2O8S/c1-31(41-28(37)22-15-9-4-10-16-22)25(40-27(36)21-13-7-3-8-14-21)23(19-38-26(35)20-11-5-2-6-12-20)39-29(31)33-18-17-24(34)32-30(33)42/h2-18,23,25,29H,19H2,1H3,(H,32,34,42)/t23-,25+,29-,31?/m1/s1. The van der Waals surface area contributed by atoms with Crippen LogP contribution in [0.3, 0.4) is 0 Å². The van der Waals surface area contributed by atoms with Crippen molar-refractivity contribution in [3.05, 3.63) is 135 Å². The third-order valence-corrected chi connectivity index (χ3v) is 7.07. The Balaban J connectivity index is 1.54. The molecule has 1 aromatic heterocycles. The summed E-state index contributed by atoms with van der Waals surface area (Å²) < 4.78 is 25.3. The number of nitrogens with one attached hydrogen (secondary N) is 1. The maximum atomic E-state index is 13.4. The predicted molar refractivity (Wildman–Crippen MR) is 152 cm³/mol. The van der Waals surface area contributed by atoms with E-state index in [1.165, 1.54) is 23.8 Å². The van der Waals surface area contributed by atoms with Gasteiger partial charge >= 0.3 is 17.9 Å². The van der Waals surface area contributed by atoms with Gasteiger partial charge in [0.2, 0.25) is 0 Å². The largest absolute Gasteiger partial charge is 0.459 e. The Labute approximate surface area is 245 Å². The van der Waals surface area contributed by atoms with Crippen molar-refractivity contribution in [2.24, 2.45) is 0 Å². The minimum Gasteiger partial charge on any atom is -0.459 e. The van der Waals surface area contributed by atoms with Gasteiger partial charge in [-0.1, -0.05) is 54.6 Å². The molecule has 10 nitrogen and oxygen atoms in total. The van der Waals surface area contributed by atoms with Gasteiger partial charge in [0, 0.05) is 12.3 Å². The molecule has 1 unspecified atom stereocenters. The molecule has 0 radical (unpaired) electrons. The molecular formula is C31H26N2O8S. The van der Waals surface area contributed by atoms with Crippen molar-refractivity contribution < 1.29 is 33.3 Å². The number of aromatic amines is 1. The highest BCUT2D eigenvalue weighted by atomic mass is 32.1. The third-order valence-electron chi connectivity index (χ3n) is 6.75. The molecule has 0 saturated carbocycles. The van der Waals surface area contributed by atoms with Crippen molar-refractivity contribution in [3.8, 4) is 0 Å². The Kier molecular flexibility index (Phi) is 8.41. The molecule has 3 aromatic carbocycles. The predicted octanol–water partition coefficient (Wildman–Crippen LogP) is 4.50. The molecule has 4 aromatic rings. The quantitative estimate of drug-likeness (QED) is 0.180. The van der Waals surface area contributed by atoms with Gasteiger partial charge in [-0.05, 0) is 55.5 Å². The number of rotatable bonds is 8. The second-order valence-electron chi connectivity index (χ2n) is 9.64. The summed E-state index contributed by atoms with van der Waals surface area (Å²) in [5.41, 5.74) is -1.35. The molecule has 11 heteroatoms. The summed E-state index contributed by atoms with van der Waals surface area (Å²) in [4.78, 5) is 53.9. The lowest BCUT2D eigenvalue weighted by Crippen LogP contribution is -2.50. The van der Waals surface area contributed by atoms with E-state index < -0.39 is 47.5 Å². The van der Waals surface area contributed by atoms with Crippen LogP contribution >= 0.6 is 12.2 Å². The second kappa shape index (κ2) is 12.3. The van der Waals surface area contributed by atoms with Crippen LogP contribution in [0.15, 0.2) is 108 Å². The molecule has 4 atom stereocenters. The van der Waals surface area contributed by atoms with Crippen molar-refractivity contribution >= 4 is 30.1 Å². The van der Waals surface area contributed by atoms with Crippen molar-refractivity contribution in [1.82, 2.24) is 9.55 Å². The Bertz CT molecular complexity index is 1690. The molecule has 214 valence electrons. The zero-order chi connectivity index (χ0) is 29.7. The number of esters is 3. The number of hydrogen-bond donors (Lipinski definition) is 1. The SMILES string of the molecule is CC1(OC(=O)c2ccccc2)[C@@H](OC(=O)c2ccccc2)[C@@H](COC(=O)c2ccccc2)O[C@H]1n1ccc(=O)[nH]c1=S. The highest BCUT2D eigenvalue weighted by Gasteiger charge is 2.60. The van der Waals surface area contributed by atoms with E-state index in [1.54, 1.807) is 91.0 Å². The van der Waals surface area contributed by atoms with Crippen molar-refractivity contribution in [2.75, 3.05) is 6.61 Å². The van der Waals surface area contributed by atoms with Crippen LogP contribution < -0.4 is 5.56 Å². The molecule has 1 saturated heterocycles. The number of ether oxygens (including phenoxy) is 4. The van der Waals surface area contributed by atoms with Crippen LogP contribution in [0.5, 0.6) is 0 Å². The van der Waals surface area contributed by atoms with Gasteiger partial charge in [0.15, 0.2) is 22.7 Å².